The predicted molar refractivity (Wildman–Crippen MR) is 87.6 cm³/mol. The molecular weight excluding hydrogens is 302 g/mol. The van der Waals surface area contributed by atoms with Crippen LogP contribution in [0.1, 0.15) is 33.6 Å². The molecule has 0 aromatic heterocycles. The van der Waals surface area contributed by atoms with E-state index in [0.29, 0.717) is 17.7 Å². The Hall–Kier alpha value is -1.43. The van der Waals surface area contributed by atoms with E-state index in [1.807, 2.05) is 0 Å². The number of unbranched alkanes of at least 4 members (excludes halogenated alkanes) is 1. The first kappa shape index (κ1) is 16.9. The molecule has 1 aromatic rings. The number of halogens is 1. The fourth-order valence-corrected chi connectivity index (χ4v) is 2.98. The van der Waals surface area contributed by atoms with E-state index >= 15 is 0 Å². The van der Waals surface area contributed by atoms with E-state index in [-0.39, 0.29) is 24.2 Å². The third-order valence-corrected chi connectivity index (χ3v) is 4.19. The fraction of sp³-hybridized carbons (Fsp3) is 0.500. The Labute approximate surface area is 137 Å². The van der Waals surface area contributed by atoms with Gasteiger partial charge in [-0.25, -0.2) is 0 Å². The van der Waals surface area contributed by atoms with Crippen molar-refractivity contribution in [2.45, 2.75) is 12.8 Å². The topological polar surface area (TPSA) is 52.7 Å². The molecule has 2 amide bonds. The first-order chi connectivity index (χ1) is 10.3. The molecule has 0 atom stereocenters. The molecule has 0 unspecified atom stereocenters. The molecule has 3 rings (SSSR count). The number of hydrogen-bond donors (Lipinski definition) is 1. The van der Waals surface area contributed by atoms with Gasteiger partial charge < -0.3 is 10.2 Å². The highest BCUT2D eigenvalue weighted by molar-refractivity contribution is 6.21. The van der Waals surface area contributed by atoms with Gasteiger partial charge >= 0.3 is 0 Å². The van der Waals surface area contributed by atoms with Gasteiger partial charge in [-0.1, -0.05) is 12.1 Å². The van der Waals surface area contributed by atoms with E-state index in [2.05, 4.69) is 10.2 Å². The lowest BCUT2D eigenvalue weighted by molar-refractivity contribution is 0.0650. The number of imide groups is 1. The van der Waals surface area contributed by atoms with Gasteiger partial charge in [-0.3, -0.25) is 14.5 Å². The van der Waals surface area contributed by atoms with Crippen LogP contribution >= 0.6 is 12.4 Å². The number of carbonyl (C=O) groups excluding carboxylic acids is 2. The van der Waals surface area contributed by atoms with Crippen molar-refractivity contribution in [1.29, 1.82) is 0 Å². The molecule has 120 valence electrons. The number of piperazine rings is 1. The summed E-state index contributed by atoms with van der Waals surface area (Å²) in [6.07, 6.45) is 1.89. The Bertz CT molecular complexity index is 509. The third-order valence-electron chi connectivity index (χ3n) is 4.19. The van der Waals surface area contributed by atoms with Gasteiger partial charge in [0.05, 0.1) is 11.1 Å². The van der Waals surface area contributed by atoms with Crippen molar-refractivity contribution in [3.8, 4) is 0 Å². The van der Waals surface area contributed by atoms with Crippen LogP contribution in [-0.2, 0) is 0 Å². The average Bonchev–Trinajstić information content (AvgIpc) is 2.77. The van der Waals surface area contributed by atoms with E-state index in [1.54, 1.807) is 24.3 Å². The summed E-state index contributed by atoms with van der Waals surface area (Å²) < 4.78 is 0. The SMILES string of the molecule is Cl.O=C1c2ccccc2C(=O)N1CCCCN1CCNCC1. The normalized spacial score (nSPS) is 18.3. The molecule has 2 heterocycles. The van der Waals surface area contributed by atoms with E-state index in [0.717, 1.165) is 45.6 Å². The smallest absolute Gasteiger partial charge is 0.261 e. The van der Waals surface area contributed by atoms with Crippen molar-refractivity contribution in [2.24, 2.45) is 0 Å². The summed E-state index contributed by atoms with van der Waals surface area (Å²) in [5.74, 6) is -0.282. The van der Waals surface area contributed by atoms with Crippen LogP contribution in [0, 0.1) is 0 Å². The van der Waals surface area contributed by atoms with Crippen molar-refractivity contribution in [3.05, 3.63) is 35.4 Å². The van der Waals surface area contributed by atoms with E-state index in [9.17, 15) is 9.59 Å². The second-order valence-electron chi connectivity index (χ2n) is 5.61. The van der Waals surface area contributed by atoms with Crippen LogP contribution < -0.4 is 5.32 Å². The molecule has 2 aliphatic rings. The Morgan fingerprint density at radius 1 is 0.909 bits per heavy atom. The van der Waals surface area contributed by atoms with Gasteiger partial charge in [-0.05, 0) is 31.5 Å². The number of nitrogens with one attached hydrogen (secondary N) is 1. The van der Waals surface area contributed by atoms with Crippen molar-refractivity contribution >= 4 is 24.2 Å². The lowest BCUT2D eigenvalue weighted by Gasteiger charge is -2.27. The summed E-state index contributed by atoms with van der Waals surface area (Å²) >= 11 is 0. The lowest BCUT2D eigenvalue weighted by atomic mass is 10.1. The molecular formula is C16H22ClN3O2. The van der Waals surface area contributed by atoms with Gasteiger partial charge in [-0.2, -0.15) is 0 Å². The van der Waals surface area contributed by atoms with Crippen LogP contribution in [0.5, 0.6) is 0 Å². The van der Waals surface area contributed by atoms with Gasteiger partial charge in [0.2, 0.25) is 0 Å². The summed E-state index contributed by atoms with van der Waals surface area (Å²) in [7, 11) is 0. The number of hydrogen-bond acceptors (Lipinski definition) is 4. The Kier molecular flexibility index (Phi) is 5.94. The highest BCUT2D eigenvalue weighted by Gasteiger charge is 2.34. The number of rotatable bonds is 5. The molecule has 1 saturated heterocycles. The van der Waals surface area contributed by atoms with Crippen LogP contribution in [0.15, 0.2) is 24.3 Å². The quantitative estimate of drug-likeness (QED) is 0.657. The van der Waals surface area contributed by atoms with Crippen molar-refractivity contribution in [3.63, 3.8) is 0 Å². The zero-order valence-electron chi connectivity index (χ0n) is 12.6. The van der Waals surface area contributed by atoms with Crippen molar-refractivity contribution in [1.82, 2.24) is 15.1 Å². The van der Waals surface area contributed by atoms with Gasteiger partial charge in [0.1, 0.15) is 0 Å². The van der Waals surface area contributed by atoms with E-state index < -0.39 is 0 Å². The van der Waals surface area contributed by atoms with Gasteiger partial charge in [0, 0.05) is 32.7 Å². The van der Waals surface area contributed by atoms with Gasteiger partial charge in [-0.15, -0.1) is 12.4 Å². The minimum Gasteiger partial charge on any atom is -0.314 e. The maximum absolute atomic E-state index is 12.2. The van der Waals surface area contributed by atoms with E-state index in [4.69, 9.17) is 0 Å². The summed E-state index contributed by atoms with van der Waals surface area (Å²) in [5.41, 5.74) is 1.09. The maximum atomic E-state index is 12.2. The van der Waals surface area contributed by atoms with Crippen molar-refractivity contribution in [2.75, 3.05) is 39.3 Å². The molecule has 0 saturated carbocycles. The molecule has 22 heavy (non-hydrogen) atoms. The highest BCUT2D eigenvalue weighted by Crippen LogP contribution is 2.22. The average molecular weight is 324 g/mol. The largest absolute Gasteiger partial charge is 0.314 e. The zero-order chi connectivity index (χ0) is 14.7. The fourth-order valence-electron chi connectivity index (χ4n) is 2.98. The maximum Gasteiger partial charge on any atom is 0.261 e. The van der Waals surface area contributed by atoms with Crippen LogP contribution in [0.2, 0.25) is 0 Å². The van der Waals surface area contributed by atoms with Crippen LogP contribution in [0.25, 0.3) is 0 Å². The second-order valence-corrected chi connectivity index (χ2v) is 5.61. The molecule has 0 spiro atoms. The number of amides is 2. The lowest BCUT2D eigenvalue weighted by Crippen LogP contribution is -2.43. The molecule has 5 nitrogen and oxygen atoms in total. The summed E-state index contributed by atoms with van der Waals surface area (Å²) in [5, 5.41) is 3.33. The Morgan fingerprint density at radius 3 is 2.05 bits per heavy atom. The molecule has 0 radical (unpaired) electrons. The second kappa shape index (κ2) is 7.72. The molecule has 0 bridgehead atoms. The van der Waals surface area contributed by atoms with Gasteiger partial charge in [0.15, 0.2) is 0 Å². The minimum atomic E-state index is -0.141. The number of benzene rings is 1. The Morgan fingerprint density at radius 2 is 1.45 bits per heavy atom. The molecule has 2 aliphatic heterocycles. The predicted octanol–water partition coefficient (Wildman–Crippen LogP) is 1.39. The number of nitrogens with zero attached hydrogens (tertiary/aromatic N) is 2. The summed E-state index contributed by atoms with van der Waals surface area (Å²) in [4.78, 5) is 28.2. The molecule has 6 heteroatoms. The van der Waals surface area contributed by atoms with Crippen LogP contribution in [0.3, 0.4) is 0 Å². The molecule has 1 N–H and O–H groups in total. The number of fused-ring (bicyclic) bond motifs is 1. The van der Waals surface area contributed by atoms with Gasteiger partial charge in [0.25, 0.3) is 11.8 Å². The van der Waals surface area contributed by atoms with Crippen LogP contribution in [0.4, 0.5) is 0 Å². The van der Waals surface area contributed by atoms with Crippen LogP contribution in [-0.4, -0.2) is 60.9 Å². The third kappa shape index (κ3) is 3.48. The summed E-state index contributed by atoms with van der Waals surface area (Å²) in [6, 6.07) is 7.07. The highest BCUT2D eigenvalue weighted by atomic mass is 35.5. The zero-order valence-corrected chi connectivity index (χ0v) is 13.4. The number of carbonyl (C=O) groups is 2. The molecule has 1 fully saturated rings. The standard InChI is InChI=1S/C16H21N3O2.ClH/c20-15-13-5-1-2-6-14(13)16(21)19(15)10-4-3-9-18-11-7-17-8-12-18;/h1-2,5-6,17H,3-4,7-12H2;1H. The first-order valence-electron chi connectivity index (χ1n) is 7.65. The monoisotopic (exact) mass is 323 g/mol. The molecule has 0 aliphatic carbocycles. The molecule has 1 aromatic carbocycles. The van der Waals surface area contributed by atoms with Crippen molar-refractivity contribution < 1.29 is 9.59 Å². The first-order valence-corrected chi connectivity index (χ1v) is 7.65. The Balaban J connectivity index is 0.00000176. The summed E-state index contributed by atoms with van der Waals surface area (Å²) in [6.45, 7) is 5.86. The minimum absolute atomic E-state index is 0. The van der Waals surface area contributed by atoms with E-state index in [1.165, 1.54) is 4.90 Å².